The maximum absolute atomic E-state index is 12.7. The number of nitrogens with one attached hydrogen (secondary N) is 1. The molecule has 1 aliphatic rings. The predicted molar refractivity (Wildman–Crippen MR) is 103 cm³/mol. The monoisotopic (exact) mass is 410 g/mol. The van der Waals surface area contributed by atoms with Crippen molar-refractivity contribution in [3.05, 3.63) is 10.1 Å². The molecule has 1 heterocycles. The van der Waals surface area contributed by atoms with Gasteiger partial charge in [0.15, 0.2) is 5.03 Å². The van der Waals surface area contributed by atoms with Gasteiger partial charge in [-0.25, -0.2) is 24.9 Å². The topological polar surface area (TPSA) is 158 Å². The van der Waals surface area contributed by atoms with Crippen LogP contribution in [0.15, 0.2) is 4.99 Å². The molecule has 0 unspecified atom stereocenters. The van der Waals surface area contributed by atoms with Crippen LogP contribution in [0.25, 0.3) is 0 Å². The molecule has 0 radical (unpaired) electrons. The second-order valence-corrected chi connectivity index (χ2v) is 6.39. The molecule has 0 saturated carbocycles. The van der Waals surface area contributed by atoms with E-state index < -0.39 is 11.1 Å². The molecule has 1 fully saturated rings. The number of carbonyl (C=O) groups is 1. The minimum Gasteiger partial charge on any atom is -0.365 e. The fraction of sp³-hybridized carbons (Fsp3) is 0.867. The number of amides is 1. The van der Waals surface area contributed by atoms with Crippen LogP contribution in [-0.4, -0.2) is 60.2 Å². The van der Waals surface area contributed by atoms with Gasteiger partial charge in [0, 0.05) is 13.1 Å². The van der Waals surface area contributed by atoms with Gasteiger partial charge in [-0.05, 0) is 38.5 Å². The number of guanidine groups is 1. The molecule has 1 rings (SSSR count). The Balaban J connectivity index is 0.00000676. The summed E-state index contributed by atoms with van der Waals surface area (Å²) in [5.41, 5.74) is 13.1. The maximum atomic E-state index is 12.7. The van der Waals surface area contributed by atoms with Gasteiger partial charge in [-0.15, -0.1) is 12.4 Å². The fourth-order valence-corrected chi connectivity index (χ4v) is 2.89. The zero-order chi connectivity index (χ0) is 19.5. The van der Waals surface area contributed by atoms with Gasteiger partial charge in [-0.2, -0.15) is 0 Å². The average Bonchev–Trinajstić information content (AvgIpc) is 2.57. The number of likely N-dealkylation sites (tertiary alicyclic amines) is 1. The molecule has 27 heavy (non-hydrogen) atoms. The van der Waals surface area contributed by atoms with Crippen molar-refractivity contribution in [2.75, 3.05) is 26.3 Å². The zero-order valence-corrected chi connectivity index (χ0v) is 16.7. The number of aliphatic imine (C=N–C) groups is 1. The van der Waals surface area contributed by atoms with Crippen molar-refractivity contribution in [2.24, 2.45) is 22.4 Å². The first-order valence-corrected chi connectivity index (χ1v) is 8.86. The van der Waals surface area contributed by atoms with Crippen LogP contribution < -0.4 is 16.9 Å². The van der Waals surface area contributed by atoms with E-state index in [2.05, 4.69) is 11.9 Å². The normalized spacial score (nSPS) is 21.3. The number of rotatable bonds is 10. The Bertz CT molecular complexity index is 495. The van der Waals surface area contributed by atoms with Crippen LogP contribution in [0.4, 0.5) is 0 Å². The lowest BCUT2D eigenvalue weighted by Gasteiger charge is -2.39. The summed E-state index contributed by atoms with van der Waals surface area (Å²) in [4.78, 5) is 38.6. The lowest BCUT2D eigenvalue weighted by molar-refractivity contribution is -0.525. The average molecular weight is 411 g/mol. The molecule has 1 amide bonds. The highest BCUT2D eigenvalue weighted by atomic mass is 35.5. The Kier molecular flexibility index (Phi) is 12.6. The van der Waals surface area contributed by atoms with E-state index in [1.807, 2.05) is 6.92 Å². The number of hydrogen-bond donors (Lipinski definition) is 3. The summed E-state index contributed by atoms with van der Waals surface area (Å²) >= 11 is 0. The SMILES string of the molecule is CCOOC[C@@H]1C[C@@H](C)CCN1C(=O)[C@@H](N)CCCN=C(N)N[N+](=O)[O-].Cl. The third-order valence-electron chi connectivity index (χ3n) is 4.20. The first kappa shape index (κ1) is 25.3. The standard InChI is InChI=1S/C15H30N6O5.ClH/c1-3-25-26-10-12-9-11(2)6-8-20(12)14(22)13(16)5-4-7-18-15(17)19-21(23)24;/h11-13H,3-10,16H2,1-2H3,(H3,17,18,19);1H/t11-,12-,13-;/m0./s1. The van der Waals surface area contributed by atoms with Gasteiger partial charge in [-0.3, -0.25) is 4.79 Å². The zero-order valence-electron chi connectivity index (χ0n) is 15.8. The number of nitrogens with two attached hydrogens (primary N) is 2. The van der Waals surface area contributed by atoms with Crippen molar-refractivity contribution in [3.8, 4) is 0 Å². The van der Waals surface area contributed by atoms with Gasteiger partial charge in [-0.1, -0.05) is 12.3 Å². The second kappa shape index (κ2) is 13.5. The van der Waals surface area contributed by atoms with Crippen molar-refractivity contribution in [2.45, 2.75) is 51.6 Å². The summed E-state index contributed by atoms with van der Waals surface area (Å²) in [6.45, 7) is 5.65. The molecule has 5 N–H and O–H groups in total. The summed E-state index contributed by atoms with van der Waals surface area (Å²) in [6, 6.07) is -0.709. The lowest BCUT2D eigenvalue weighted by atomic mass is 9.92. The quantitative estimate of drug-likeness (QED) is 0.115. The molecule has 1 aliphatic heterocycles. The number of piperidine rings is 1. The highest BCUT2D eigenvalue weighted by Gasteiger charge is 2.32. The number of nitrogens with zero attached hydrogens (tertiary/aromatic N) is 3. The van der Waals surface area contributed by atoms with E-state index in [-0.39, 0.29) is 36.9 Å². The van der Waals surface area contributed by atoms with Gasteiger partial charge in [0.25, 0.3) is 5.96 Å². The van der Waals surface area contributed by atoms with Crippen LogP contribution >= 0.6 is 12.4 Å². The Morgan fingerprint density at radius 1 is 1.48 bits per heavy atom. The molecule has 0 aliphatic carbocycles. The van der Waals surface area contributed by atoms with Crippen molar-refractivity contribution < 1.29 is 19.6 Å². The van der Waals surface area contributed by atoms with E-state index in [1.54, 1.807) is 10.3 Å². The van der Waals surface area contributed by atoms with Crippen LogP contribution in [-0.2, 0) is 14.6 Å². The number of nitro groups is 1. The van der Waals surface area contributed by atoms with E-state index in [1.165, 1.54) is 0 Å². The summed E-state index contributed by atoms with van der Waals surface area (Å²) < 4.78 is 0. The maximum Gasteiger partial charge on any atom is 0.251 e. The van der Waals surface area contributed by atoms with Crippen LogP contribution in [0.3, 0.4) is 0 Å². The molecule has 0 aromatic rings. The number of hydrazine groups is 1. The van der Waals surface area contributed by atoms with Gasteiger partial charge in [0.1, 0.15) is 6.61 Å². The van der Waals surface area contributed by atoms with Crippen LogP contribution in [0.2, 0.25) is 0 Å². The van der Waals surface area contributed by atoms with E-state index >= 15 is 0 Å². The highest BCUT2D eigenvalue weighted by Crippen LogP contribution is 2.23. The molecule has 1 saturated heterocycles. The van der Waals surface area contributed by atoms with Crippen molar-refractivity contribution in [1.29, 1.82) is 0 Å². The first-order chi connectivity index (χ1) is 12.3. The third-order valence-corrected chi connectivity index (χ3v) is 4.20. The number of hydrogen-bond acceptors (Lipinski definition) is 7. The van der Waals surface area contributed by atoms with E-state index in [4.69, 9.17) is 21.2 Å². The van der Waals surface area contributed by atoms with Crippen molar-refractivity contribution >= 4 is 24.3 Å². The Labute approximate surface area is 165 Å². The van der Waals surface area contributed by atoms with E-state index in [0.717, 1.165) is 12.8 Å². The largest absolute Gasteiger partial charge is 0.365 e. The van der Waals surface area contributed by atoms with Crippen LogP contribution in [0.5, 0.6) is 0 Å². The molecule has 158 valence electrons. The smallest absolute Gasteiger partial charge is 0.251 e. The molecule has 0 aromatic carbocycles. The summed E-state index contributed by atoms with van der Waals surface area (Å²) in [5, 5.41) is 9.43. The first-order valence-electron chi connectivity index (χ1n) is 8.86. The summed E-state index contributed by atoms with van der Waals surface area (Å²) in [6.07, 6.45) is 2.69. The molecular formula is C15H31ClN6O5. The summed E-state index contributed by atoms with van der Waals surface area (Å²) in [5.74, 6) is 0.118. The fourth-order valence-electron chi connectivity index (χ4n) is 2.89. The second-order valence-electron chi connectivity index (χ2n) is 6.39. The molecule has 11 nitrogen and oxygen atoms in total. The number of carbonyl (C=O) groups excluding carboxylic acids is 1. The van der Waals surface area contributed by atoms with Gasteiger partial charge in [0.05, 0.1) is 18.7 Å². The molecule has 0 spiro atoms. The summed E-state index contributed by atoms with van der Waals surface area (Å²) in [7, 11) is 0. The lowest BCUT2D eigenvalue weighted by Crippen LogP contribution is -2.53. The minimum atomic E-state index is -0.782. The highest BCUT2D eigenvalue weighted by molar-refractivity contribution is 5.85. The molecular weight excluding hydrogens is 380 g/mol. The van der Waals surface area contributed by atoms with Crippen molar-refractivity contribution in [3.63, 3.8) is 0 Å². The van der Waals surface area contributed by atoms with E-state index in [0.29, 0.717) is 38.5 Å². The van der Waals surface area contributed by atoms with Gasteiger partial charge >= 0.3 is 0 Å². The molecule has 0 aromatic heterocycles. The molecule has 0 bridgehead atoms. The Morgan fingerprint density at radius 3 is 2.81 bits per heavy atom. The predicted octanol–water partition coefficient (Wildman–Crippen LogP) is 0.207. The Morgan fingerprint density at radius 2 is 2.19 bits per heavy atom. The van der Waals surface area contributed by atoms with Crippen LogP contribution in [0, 0.1) is 16.0 Å². The van der Waals surface area contributed by atoms with E-state index in [9.17, 15) is 14.9 Å². The third kappa shape index (κ3) is 9.70. The molecule has 12 heteroatoms. The van der Waals surface area contributed by atoms with Gasteiger partial charge in [0.2, 0.25) is 5.91 Å². The van der Waals surface area contributed by atoms with Gasteiger partial charge < -0.3 is 16.4 Å². The molecule has 3 atom stereocenters. The number of halogens is 1. The van der Waals surface area contributed by atoms with Crippen molar-refractivity contribution in [1.82, 2.24) is 10.3 Å². The Hall–Kier alpha value is -1.69. The van der Waals surface area contributed by atoms with Crippen LogP contribution in [0.1, 0.15) is 39.5 Å². The minimum absolute atomic E-state index is 0.